The zero-order valence-electron chi connectivity index (χ0n) is 12.1. The predicted octanol–water partition coefficient (Wildman–Crippen LogP) is 3.23. The van der Waals surface area contributed by atoms with E-state index in [1.807, 2.05) is 36.2 Å². The van der Waals surface area contributed by atoms with Crippen LogP contribution >= 0.6 is 11.3 Å². The third-order valence-electron chi connectivity index (χ3n) is 3.74. The van der Waals surface area contributed by atoms with Gasteiger partial charge >= 0.3 is 0 Å². The van der Waals surface area contributed by atoms with Crippen LogP contribution in [0.2, 0.25) is 0 Å². The number of benzene rings is 1. The van der Waals surface area contributed by atoms with Crippen LogP contribution in [-0.4, -0.2) is 34.9 Å². The predicted molar refractivity (Wildman–Crippen MR) is 86.4 cm³/mol. The summed E-state index contributed by atoms with van der Waals surface area (Å²) in [5.41, 5.74) is 1.19. The van der Waals surface area contributed by atoms with Gasteiger partial charge in [-0.1, -0.05) is 48.6 Å². The van der Waals surface area contributed by atoms with Crippen molar-refractivity contribution in [1.29, 1.82) is 0 Å². The number of likely N-dealkylation sites (tertiary alicyclic amines) is 1. The van der Waals surface area contributed by atoms with Crippen molar-refractivity contribution in [1.82, 2.24) is 9.88 Å². The quantitative estimate of drug-likeness (QED) is 0.943. The molecule has 1 atom stereocenters. The maximum Gasteiger partial charge on any atom is 0.222 e. The van der Waals surface area contributed by atoms with Gasteiger partial charge in [-0.3, -0.25) is 4.79 Å². The molecule has 110 valence electrons. The first-order valence-corrected chi connectivity index (χ1v) is 8.13. The summed E-state index contributed by atoms with van der Waals surface area (Å²) >= 11 is 1.66. The Labute approximate surface area is 128 Å². The molecule has 1 saturated heterocycles. The molecule has 5 heteroatoms. The van der Waals surface area contributed by atoms with Gasteiger partial charge in [0.1, 0.15) is 0 Å². The molecule has 0 bridgehead atoms. The highest BCUT2D eigenvalue weighted by Gasteiger charge is 2.25. The maximum atomic E-state index is 11.7. The highest BCUT2D eigenvalue weighted by atomic mass is 32.1. The molecule has 2 heterocycles. The minimum Gasteiger partial charge on any atom is -0.357 e. The van der Waals surface area contributed by atoms with E-state index in [1.54, 1.807) is 11.3 Å². The summed E-state index contributed by atoms with van der Waals surface area (Å²) in [5.74, 6) is 0.239. The first kappa shape index (κ1) is 14.1. The van der Waals surface area contributed by atoms with Gasteiger partial charge in [-0.05, 0) is 12.0 Å². The Balaban J connectivity index is 1.62. The first-order chi connectivity index (χ1) is 10.3. The number of amides is 1. The van der Waals surface area contributed by atoms with Gasteiger partial charge in [0.15, 0.2) is 5.13 Å². The molecule has 1 aromatic heterocycles. The second kappa shape index (κ2) is 6.26. The number of rotatable bonds is 4. The summed E-state index contributed by atoms with van der Waals surface area (Å²) in [7, 11) is 0. The Bertz CT molecular complexity index is 611. The Morgan fingerprint density at radius 3 is 3.00 bits per heavy atom. The molecule has 1 amide bonds. The Kier molecular flexibility index (Phi) is 4.20. The number of carbonyl (C=O) groups is 1. The molecule has 0 saturated carbocycles. The number of aromatic nitrogens is 1. The van der Waals surface area contributed by atoms with Crippen molar-refractivity contribution < 1.29 is 4.79 Å². The summed E-state index contributed by atoms with van der Waals surface area (Å²) < 4.78 is 0. The van der Waals surface area contributed by atoms with Gasteiger partial charge < -0.3 is 10.2 Å². The van der Waals surface area contributed by atoms with E-state index in [0.29, 0.717) is 12.5 Å². The molecule has 2 aromatic rings. The van der Waals surface area contributed by atoms with Gasteiger partial charge in [0.25, 0.3) is 0 Å². The van der Waals surface area contributed by atoms with Crippen LogP contribution in [0, 0.1) is 0 Å². The number of nitrogens with one attached hydrogen (secondary N) is 1. The largest absolute Gasteiger partial charge is 0.357 e. The maximum absolute atomic E-state index is 11.7. The topological polar surface area (TPSA) is 45.2 Å². The van der Waals surface area contributed by atoms with Gasteiger partial charge in [0.2, 0.25) is 5.91 Å². The zero-order chi connectivity index (χ0) is 14.7. The second-order valence-corrected chi connectivity index (χ2v) is 6.25. The standard InChI is InChI=1S/C16H19N3OS/c1-2-15(20)19-9-8-13(11-19)18-16-17-10-14(21-16)12-6-4-3-5-7-12/h3-7,10,13H,2,8-9,11H2,1H3,(H,17,18). The molecule has 1 aliphatic rings. The fraction of sp³-hybridized carbons (Fsp3) is 0.375. The fourth-order valence-electron chi connectivity index (χ4n) is 2.58. The van der Waals surface area contributed by atoms with Crippen LogP contribution in [0.3, 0.4) is 0 Å². The average Bonchev–Trinajstić information content (AvgIpc) is 3.17. The van der Waals surface area contributed by atoms with E-state index < -0.39 is 0 Å². The van der Waals surface area contributed by atoms with Crippen molar-refractivity contribution in [3.8, 4) is 10.4 Å². The highest BCUT2D eigenvalue weighted by molar-refractivity contribution is 7.18. The minimum atomic E-state index is 0.239. The van der Waals surface area contributed by atoms with Crippen molar-refractivity contribution in [2.24, 2.45) is 0 Å². The van der Waals surface area contributed by atoms with E-state index in [1.165, 1.54) is 5.56 Å². The van der Waals surface area contributed by atoms with Crippen molar-refractivity contribution in [3.05, 3.63) is 36.5 Å². The molecule has 1 unspecified atom stereocenters. The molecule has 0 radical (unpaired) electrons. The summed E-state index contributed by atoms with van der Waals surface area (Å²) in [4.78, 5) is 19.2. The molecule has 3 rings (SSSR count). The molecular formula is C16H19N3OS. The lowest BCUT2D eigenvalue weighted by Crippen LogP contribution is -2.30. The van der Waals surface area contributed by atoms with Crippen LogP contribution in [0.15, 0.2) is 36.5 Å². The van der Waals surface area contributed by atoms with E-state index in [-0.39, 0.29) is 5.91 Å². The van der Waals surface area contributed by atoms with Crippen LogP contribution in [0.25, 0.3) is 10.4 Å². The monoisotopic (exact) mass is 301 g/mol. The highest BCUT2D eigenvalue weighted by Crippen LogP contribution is 2.29. The zero-order valence-corrected chi connectivity index (χ0v) is 12.9. The molecular weight excluding hydrogens is 282 g/mol. The number of thiazole rings is 1. The van der Waals surface area contributed by atoms with Gasteiger partial charge in [0.05, 0.1) is 4.88 Å². The van der Waals surface area contributed by atoms with Crippen LogP contribution < -0.4 is 5.32 Å². The summed E-state index contributed by atoms with van der Waals surface area (Å²) in [6.45, 7) is 3.55. The van der Waals surface area contributed by atoms with Crippen LogP contribution in [0.1, 0.15) is 19.8 Å². The number of nitrogens with zero attached hydrogens (tertiary/aromatic N) is 2. The van der Waals surface area contributed by atoms with E-state index in [2.05, 4.69) is 22.4 Å². The Hall–Kier alpha value is -1.88. The van der Waals surface area contributed by atoms with Crippen LogP contribution in [0.5, 0.6) is 0 Å². The van der Waals surface area contributed by atoms with Crippen molar-refractivity contribution >= 4 is 22.4 Å². The van der Waals surface area contributed by atoms with E-state index >= 15 is 0 Å². The number of carbonyl (C=O) groups excluding carboxylic acids is 1. The molecule has 0 aliphatic carbocycles. The smallest absolute Gasteiger partial charge is 0.222 e. The average molecular weight is 301 g/mol. The molecule has 1 N–H and O–H groups in total. The lowest BCUT2D eigenvalue weighted by atomic mass is 10.2. The molecule has 21 heavy (non-hydrogen) atoms. The number of hydrogen-bond acceptors (Lipinski definition) is 4. The molecule has 4 nitrogen and oxygen atoms in total. The minimum absolute atomic E-state index is 0.239. The fourth-order valence-corrected chi connectivity index (χ4v) is 3.48. The van der Waals surface area contributed by atoms with E-state index in [4.69, 9.17) is 0 Å². The lowest BCUT2D eigenvalue weighted by Gasteiger charge is -2.15. The van der Waals surface area contributed by atoms with Gasteiger partial charge in [-0.2, -0.15) is 0 Å². The second-order valence-electron chi connectivity index (χ2n) is 5.22. The van der Waals surface area contributed by atoms with E-state index in [9.17, 15) is 4.79 Å². The van der Waals surface area contributed by atoms with Crippen molar-refractivity contribution in [2.75, 3.05) is 18.4 Å². The van der Waals surface area contributed by atoms with Gasteiger partial charge in [-0.15, -0.1) is 0 Å². The summed E-state index contributed by atoms with van der Waals surface area (Å²) in [6, 6.07) is 10.6. The third-order valence-corrected chi connectivity index (χ3v) is 4.71. The molecule has 1 aliphatic heterocycles. The molecule has 1 aromatic carbocycles. The van der Waals surface area contributed by atoms with Crippen LogP contribution in [0.4, 0.5) is 5.13 Å². The van der Waals surface area contributed by atoms with E-state index in [0.717, 1.165) is 29.5 Å². The lowest BCUT2D eigenvalue weighted by molar-refractivity contribution is -0.129. The van der Waals surface area contributed by atoms with Crippen molar-refractivity contribution in [2.45, 2.75) is 25.8 Å². The molecule has 1 fully saturated rings. The SMILES string of the molecule is CCC(=O)N1CCC(Nc2ncc(-c3ccccc3)s2)C1. The Morgan fingerprint density at radius 2 is 2.24 bits per heavy atom. The summed E-state index contributed by atoms with van der Waals surface area (Å²) in [5, 5.41) is 4.39. The van der Waals surface area contributed by atoms with Gasteiger partial charge in [-0.25, -0.2) is 4.98 Å². The first-order valence-electron chi connectivity index (χ1n) is 7.32. The number of hydrogen-bond donors (Lipinski definition) is 1. The Morgan fingerprint density at radius 1 is 1.43 bits per heavy atom. The van der Waals surface area contributed by atoms with Crippen molar-refractivity contribution in [3.63, 3.8) is 0 Å². The third kappa shape index (κ3) is 3.24. The molecule has 0 spiro atoms. The van der Waals surface area contributed by atoms with Crippen LogP contribution in [-0.2, 0) is 4.79 Å². The summed E-state index contributed by atoms with van der Waals surface area (Å²) in [6.07, 6.45) is 3.49. The van der Waals surface area contributed by atoms with Gasteiger partial charge in [0, 0.05) is 31.7 Å². The normalized spacial score (nSPS) is 18.0. The number of anilines is 1.